The van der Waals surface area contributed by atoms with Crippen molar-refractivity contribution in [2.24, 2.45) is 0 Å². The van der Waals surface area contributed by atoms with Crippen LogP contribution in [0, 0.1) is 0 Å². The SMILES string of the molecule is [B]C(=O)OCc1ccccc1. The fraction of sp³-hybridized carbons (Fsp3) is 0.125. The van der Waals surface area contributed by atoms with Gasteiger partial charge in [-0.05, 0) is 5.56 Å². The lowest BCUT2D eigenvalue weighted by Crippen LogP contribution is -2.00. The van der Waals surface area contributed by atoms with Gasteiger partial charge in [-0.3, -0.25) is 4.79 Å². The summed E-state index contributed by atoms with van der Waals surface area (Å²) in [6.07, 6.45) is 0. The number of carbonyl (C=O) groups is 1. The number of ether oxygens (including phenoxy) is 1. The van der Waals surface area contributed by atoms with Gasteiger partial charge in [-0.2, -0.15) is 0 Å². The summed E-state index contributed by atoms with van der Waals surface area (Å²) in [5, 5.41) is 0. The van der Waals surface area contributed by atoms with Gasteiger partial charge in [-0.15, -0.1) is 0 Å². The van der Waals surface area contributed by atoms with Crippen molar-refractivity contribution in [3.8, 4) is 0 Å². The fourth-order valence-electron chi connectivity index (χ4n) is 0.729. The Balaban J connectivity index is 2.45. The smallest absolute Gasteiger partial charge is 0.236 e. The Labute approximate surface area is 66.6 Å². The standard InChI is InChI=1S/C8H7BO2/c9-8(10)11-6-7-4-2-1-3-5-7/h1-5H,6H2. The summed E-state index contributed by atoms with van der Waals surface area (Å²) < 4.78 is 4.57. The van der Waals surface area contributed by atoms with Crippen molar-refractivity contribution in [3.05, 3.63) is 35.9 Å². The van der Waals surface area contributed by atoms with E-state index in [1.54, 1.807) is 0 Å². The molecule has 1 rings (SSSR count). The second-order valence-electron chi connectivity index (χ2n) is 2.09. The van der Waals surface area contributed by atoms with Gasteiger partial charge < -0.3 is 4.74 Å². The highest BCUT2D eigenvalue weighted by Gasteiger charge is 1.92. The first-order valence-corrected chi connectivity index (χ1v) is 3.25. The molecule has 0 aliphatic heterocycles. The van der Waals surface area contributed by atoms with E-state index in [2.05, 4.69) is 4.74 Å². The molecule has 0 fully saturated rings. The van der Waals surface area contributed by atoms with Crippen LogP contribution >= 0.6 is 0 Å². The minimum absolute atomic E-state index is 0.246. The number of benzene rings is 1. The van der Waals surface area contributed by atoms with Crippen molar-refractivity contribution in [1.29, 1.82) is 0 Å². The average molecular weight is 146 g/mol. The summed E-state index contributed by atoms with van der Waals surface area (Å²) in [5.74, 6) is -0.742. The van der Waals surface area contributed by atoms with Gasteiger partial charge in [0.2, 0.25) is 13.7 Å². The third-order valence-corrected chi connectivity index (χ3v) is 1.22. The lowest BCUT2D eigenvalue weighted by Gasteiger charge is -2.00. The van der Waals surface area contributed by atoms with Gasteiger partial charge in [0.05, 0.1) is 0 Å². The lowest BCUT2D eigenvalue weighted by molar-refractivity contribution is 0.167. The zero-order chi connectivity index (χ0) is 8.10. The first-order valence-electron chi connectivity index (χ1n) is 3.25. The van der Waals surface area contributed by atoms with E-state index >= 15 is 0 Å². The molecule has 0 aliphatic rings. The Kier molecular flexibility index (Phi) is 2.72. The maximum Gasteiger partial charge on any atom is 0.236 e. The summed E-state index contributed by atoms with van der Waals surface area (Å²) in [4.78, 5) is 10.2. The molecule has 1 aromatic carbocycles. The van der Waals surface area contributed by atoms with Crippen LogP contribution in [0.3, 0.4) is 0 Å². The van der Waals surface area contributed by atoms with Crippen molar-refractivity contribution in [2.45, 2.75) is 6.61 Å². The van der Waals surface area contributed by atoms with Gasteiger partial charge in [0.1, 0.15) is 6.61 Å². The average Bonchev–Trinajstić information content (AvgIpc) is 2.03. The molecule has 0 N–H and O–H groups in total. The van der Waals surface area contributed by atoms with Crippen LogP contribution in [0.5, 0.6) is 0 Å². The fourth-order valence-corrected chi connectivity index (χ4v) is 0.729. The van der Waals surface area contributed by atoms with Crippen molar-refractivity contribution in [3.63, 3.8) is 0 Å². The summed E-state index contributed by atoms with van der Waals surface area (Å²) in [6.45, 7) is 0.246. The summed E-state index contributed by atoms with van der Waals surface area (Å²) in [5.41, 5.74) is 0.936. The maximum absolute atomic E-state index is 10.2. The van der Waals surface area contributed by atoms with Crippen LogP contribution in [-0.4, -0.2) is 13.7 Å². The zero-order valence-electron chi connectivity index (χ0n) is 5.99. The van der Waals surface area contributed by atoms with Crippen LogP contribution in [0.2, 0.25) is 0 Å². The summed E-state index contributed by atoms with van der Waals surface area (Å²) in [7, 11) is 4.78. The molecule has 54 valence electrons. The van der Waals surface area contributed by atoms with E-state index in [-0.39, 0.29) is 6.61 Å². The van der Waals surface area contributed by atoms with Crippen LogP contribution in [0.1, 0.15) is 5.56 Å². The van der Waals surface area contributed by atoms with Gasteiger partial charge in [0, 0.05) is 0 Å². The Morgan fingerprint density at radius 3 is 2.55 bits per heavy atom. The second-order valence-corrected chi connectivity index (χ2v) is 2.09. The van der Waals surface area contributed by atoms with Crippen LogP contribution < -0.4 is 0 Å². The molecule has 0 saturated heterocycles. The van der Waals surface area contributed by atoms with Crippen molar-refractivity contribution in [1.82, 2.24) is 0 Å². The molecule has 0 spiro atoms. The van der Waals surface area contributed by atoms with E-state index < -0.39 is 5.87 Å². The highest BCUT2D eigenvalue weighted by molar-refractivity contribution is 6.55. The molecule has 1 aromatic rings. The van der Waals surface area contributed by atoms with E-state index in [1.165, 1.54) is 0 Å². The predicted octanol–water partition coefficient (Wildman–Crippen LogP) is 1.49. The van der Waals surface area contributed by atoms with Crippen LogP contribution in [0.25, 0.3) is 0 Å². The van der Waals surface area contributed by atoms with Crippen LogP contribution in [-0.2, 0) is 11.3 Å². The number of hydrogen-bond donors (Lipinski definition) is 0. The Morgan fingerprint density at radius 2 is 2.00 bits per heavy atom. The molecule has 2 radical (unpaired) electrons. The van der Waals surface area contributed by atoms with Gasteiger partial charge in [-0.25, -0.2) is 0 Å². The molecule has 0 aliphatic carbocycles. The van der Waals surface area contributed by atoms with E-state index in [0.717, 1.165) is 5.56 Å². The third kappa shape index (κ3) is 2.89. The second kappa shape index (κ2) is 3.81. The van der Waals surface area contributed by atoms with E-state index in [4.69, 9.17) is 7.85 Å². The molecule has 0 bridgehead atoms. The van der Waals surface area contributed by atoms with E-state index in [0.29, 0.717) is 0 Å². The molecule has 0 heterocycles. The largest absolute Gasteiger partial charge is 0.470 e. The molecule has 0 amide bonds. The maximum atomic E-state index is 10.2. The molecule has 2 nitrogen and oxygen atoms in total. The zero-order valence-corrected chi connectivity index (χ0v) is 5.99. The molecule has 0 unspecified atom stereocenters. The molecule has 3 heteroatoms. The van der Waals surface area contributed by atoms with Crippen molar-refractivity contribution < 1.29 is 9.53 Å². The summed E-state index contributed by atoms with van der Waals surface area (Å²) in [6, 6.07) is 9.37. The number of rotatable bonds is 2. The minimum atomic E-state index is -0.742. The quantitative estimate of drug-likeness (QED) is 0.590. The first kappa shape index (κ1) is 7.86. The number of hydrogen-bond acceptors (Lipinski definition) is 2. The molecular formula is C8H7BO2. The van der Waals surface area contributed by atoms with Crippen molar-refractivity contribution >= 4 is 13.7 Å². The predicted molar refractivity (Wildman–Crippen MR) is 42.4 cm³/mol. The van der Waals surface area contributed by atoms with Gasteiger partial charge in [-0.1, -0.05) is 30.3 Å². The lowest BCUT2D eigenvalue weighted by atomic mass is 10.2. The normalized spacial score (nSPS) is 9.09. The van der Waals surface area contributed by atoms with Crippen molar-refractivity contribution in [2.75, 3.05) is 0 Å². The molecule has 0 aromatic heterocycles. The Bertz CT molecular complexity index is 233. The highest BCUT2D eigenvalue weighted by Crippen LogP contribution is 1.99. The van der Waals surface area contributed by atoms with Crippen LogP contribution in [0.4, 0.5) is 4.79 Å². The Morgan fingerprint density at radius 1 is 1.36 bits per heavy atom. The highest BCUT2D eigenvalue weighted by atomic mass is 16.5. The first-order chi connectivity index (χ1) is 5.29. The summed E-state index contributed by atoms with van der Waals surface area (Å²) >= 11 is 0. The molecule has 0 atom stereocenters. The van der Waals surface area contributed by atoms with E-state index in [9.17, 15) is 4.79 Å². The topological polar surface area (TPSA) is 26.3 Å². The minimum Gasteiger partial charge on any atom is -0.470 e. The molecule has 11 heavy (non-hydrogen) atoms. The molecular weight excluding hydrogens is 139 g/mol. The Hall–Kier alpha value is -1.25. The third-order valence-electron chi connectivity index (χ3n) is 1.22. The van der Waals surface area contributed by atoms with Crippen LogP contribution in [0.15, 0.2) is 30.3 Å². The number of carbonyl (C=O) groups excluding carboxylic acids is 1. The monoisotopic (exact) mass is 146 g/mol. The van der Waals surface area contributed by atoms with Gasteiger partial charge >= 0.3 is 0 Å². The van der Waals surface area contributed by atoms with Gasteiger partial charge in [0.15, 0.2) is 0 Å². The van der Waals surface area contributed by atoms with Gasteiger partial charge in [0.25, 0.3) is 0 Å². The molecule has 0 saturated carbocycles. The van der Waals surface area contributed by atoms with E-state index in [1.807, 2.05) is 30.3 Å².